The Kier molecular flexibility index (Phi) is 5.79. The van der Waals surface area contributed by atoms with E-state index in [1.54, 1.807) is 15.9 Å². The number of nitrogens with zero attached hydrogens (tertiary/aromatic N) is 3. The lowest BCUT2D eigenvalue weighted by Gasteiger charge is -2.37. The minimum atomic E-state index is 0.0643. The molecule has 4 atom stereocenters. The maximum absolute atomic E-state index is 11.1. The number of hydrogen-bond donors (Lipinski definition) is 2. The summed E-state index contributed by atoms with van der Waals surface area (Å²) in [5.41, 5.74) is 1.19. The molecule has 0 radical (unpaired) electrons. The third-order valence-corrected chi connectivity index (χ3v) is 6.87. The van der Waals surface area contributed by atoms with E-state index < -0.39 is 0 Å². The predicted molar refractivity (Wildman–Crippen MR) is 115 cm³/mol. The van der Waals surface area contributed by atoms with E-state index in [9.17, 15) is 5.11 Å². The molecule has 3 heterocycles. The van der Waals surface area contributed by atoms with Gasteiger partial charge in [-0.1, -0.05) is 32.1 Å². The van der Waals surface area contributed by atoms with Crippen LogP contribution in [-0.2, 0) is 6.42 Å². The molecule has 1 aromatic carbocycles. The molecule has 2 aromatic heterocycles. The molecular formula is C22H31N4O2S+. The van der Waals surface area contributed by atoms with Gasteiger partial charge in [-0.05, 0) is 37.6 Å². The highest BCUT2D eigenvalue weighted by molar-refractivity contribution is 7.17. The van der Waals surface area contributed by atoms with Gasteiger partial charge in [0, 0.05) is 23.8 Å². The summed E-state index contributed by atoms with van der Waals surface area (Å²) in [6, 6.07) is 8.41. The van der Waals surface area contributed by atoms with E-state index in [0.29, 0.717) is 18.4 Å². The van der Waals surface area contributed by atoms with E-state index >= 15 is 0 Å². The summed E-state index contributed by atoms with van der Waals surface area (Å²) in [6.45, 7) is 11.5. The van der Waals surface area contributed by atoms with Crippen LogP contribution in [-0.4, -0.2) is 39.4 Å². The van der Waals surface area contributed by atoms with E-state index in [2.05, 4.69) is 36.1 Å². The standard InChI is InChI=1S/C22H30N4O2S/c1-5-18-23-22-26(24-18)21(27)20(29-22)19(25-12-14(3)11-15(4)13-25)16-7-9-17(10-8-16)28-6-2/h7-10,14-15,19,27H,5-6,11-13H2,1-4H3/p+1/t14-,15+,19-/m1/s1. The van der Waals surface area contributed by atoms with Crippen LogP contribution < -0.4 is 9.64 Å². The number of quaternary nitrogens is 1. The number of piperidine rings is 1. The van der Waals surface area contributed by atoms with Crippen molar-refractivity contribution in [3.8, 4) is 11.6 Å². The van der Waals surface area contributed by atoms with E-state index in [1.807, 2.05) is 26.0 Å². The first kappa shape index (κ1) is 20.2. The number of nitrogens with one attached hydrogen (secondary N) is 1. The number of aryl methyl sites for hydroxylation is 1. The predicted octanol–water partition coefficient (Wildman–Crippen LogP) is 3.11. The van der Waals surface area contributed by atoms with Gasteiger partial charge in [0.25, 0.3) is 0 Å². The van der Waals surface area contributed by atoms with Crippen LogP contribution in [0.5, 0.6) is 11.6 Å². The Labute approximate surface area is 176 Å². The number of aromatic hydroxyl groups is 1. The fraction of sp³-hybridized carbons (Fsp3) is 0.545. The molecule has 0 bridgehead atoms. The number of benzene rings is 1. The third-order valence-electron chi connectivity index (χ3n) is 5.78. The van der Waals surface area contributed by atoms with Crippen molar-refractivity contribution < 1.29 is 14.7 Å². The fourth-order valence-corrected chi connectivity index (χ4v) is 5.85. The van der Waals surface area contributed by atoms with Gasteiger partial charge in [-0.2, -0.15) is 4.52 Å². The van der Waals surface area contributed by atoms with Crippen molar-refractivity contribution in [3.63, 3.8) is 0 Å². The summed E-state index contributed by atoms with van der Waals surface area (Å²) in [7, 11) is 0. The summed E-state index contributed by atoms with van der Waals surface area (Å²) in [5, 5.41) is 15.5. The number of ether oxygens (including phenoxy) is 1. The van der Waals surface area contributed by atoms with Gasteiger partial charge in [-0.3, -0.25) is 0 Å². The van der Waals surface area contributed by atoms with E-state index in [1.165, 1.54) is 16.9 Å². The van der Waals surface area contributed by atoms with Crippen LogP contribution >= 0.6 is 11.3 Å². The highest BCUT2D eigenvalue weighted by atomic mass is 32.1. The zero-order valence-electron chi connectivity index (χ0n) is 17.7. The minimum absolute atomic E-state index is 0.0643. The lowest BCUT2D eigenvalue weighted by molar-refractivity contribution is -0.936. The van der Waals surface area contributed by atoms with Crippen LogP contribution in [0.4, 0.5) is 0 Å². The molecule has 0 saturated carbocycles. The summed E-state index contributed by atoms with van der Waals surface area (Å²) in [5.74, 6) is 3.20. The minimum Gasteiger partial charge on any atom is -0.494 e. The number of rotatable bonds is 6. The Balaban J connectivity index is 1.77. The SMILES string of the molecule is CCOc1ccc([C@H](c2sc3nc(CC)nn3c2O)[NH+]2C[C@H](C)C[C@H](C)C2)cc1. The lowest BCUT2D eigenvalue weighted by atomic mass is 9.89. The summed E-state index contributed by atoms with van der Waals surface area (Å²) in [6.07, 6.45) is 2.03. The molecule has 1 saturated heterocycles. The second-order valence-corrected chi connectivity index (χ2v) is 9.32. The van der Waals surface area contributed by atoms with Gasteiger partial charge in [0.15, 0.2) is 11.9 Å². The Morgan fingerprint density at radius 3 is 2.48 bits per heavy atom. The second-order valence-electron chi connectivity index (χ2n) is 8.31. The van der Waals surface area contributed by atoms with Gasteiger partial charge in [-0.15, -0.1) is 5.10 Å². The Morgan fingerprint density at radius 2 is 1.90 bits per heavy atom. The van der Waals surface area contributed by atoms with E-state index in [-0.39, 0.29) is 11.9 Å². The molecule has 1 fully saturated rings. The zero-order chi connectivity index (χ0) is 20.5. The van der Waals surface area contributed by atoms with Crippen molar-refractivity contribution in [2.45, 2.75) is 46.6 Å². The van der Waals surface area contributed by atoms with Gasteiger partial charge in [0.2, 0.25) is 10.8 Å². The maximum atomic E-state index is 11.1. The summed E-state index contributed by atoms with van der Waals surface area (Å²) >= 11 is 1.56. The molecule has 0 spiro atoms. The molecule has 29 heavy (non-hydrogen) atoms. The van der Waals surface area contributed by atoms with E-state index in [4.69, 9.17) is 4.74 Å². The van der Waals surface area contributed by atoms with Crippen molar-refractivity contribution in [1.29, 1.82) is 0 Å². The Bertz CT molecular complexity index is 955. The van der Waals surface area contributed by atoms with Gasteiger partial charge < -0.3 is 14.7 Å². The van der Waals surface area contributed by atoms with Crippen LogP contribution in [0.3, 0.4) is 0 Å². The second kappa shape index (κ2) is 8.32. The first-order chi connectivity index (χ1) is 14.0. The van der Waals surface area contributed by atoms with Crippen molar-refractivity contribution >= 4 is 16.3 Å². The molecule has 7 heteroatoms. The molecular weight excluding hydrogens is 384 g/mol. The van der Waals surface area contributed by atoms with Crippen molar-refractivity contribution in [3.05, 3.63) is 40.5 Å². The number of hydrogen-bond acceptors (Lipinski definition) is 5. The van der Waals surface area contributed by atoms with Crippen LogP contribution in [0.25, 0.3) is 4.96 Å². The lowest BCUT2D eigenvalue weighted by Crippen LogP contribution is -3.14. The van der Waals surface area contributed by atoms with Crippen LogP contribution in [0, 0.1) is 11.8 Å². The summed E-state index contributed by atoms with van der Waals surface area (Å²) in [4.78, 5) is 7.79. The molecule has 1 aliphatic rings. The van der Waals surface area contributed by atoms with Crippen molar-refractivity contribution in [2.24, 2.45) is 11.8 Å². The topological polar surface area (TPSA) is 64.1 Å². The summed E-state index contributed by atoms with van der Waals surface area (Å²) < 4.78 is 7.24. The molecule has 6 nitrogen and oxygen atoms in total. The molecule has 4 rings (SSSR count). The van der Waals surface area contributed by atoms with Crippen LogP contribution in [0.1, 0.15) is 56.4 Å². The maximum Gasteiger partial charge on any atom is 0.235 e. The van der Waals surface area contributed by atoms with Gasteiger partial charge in [0.1, 0.15) is 10.6 Å². The van der Waals surface area contributed by atoms with Gasteiger partial charge in [0.05, 0.1) is 19.7 Å². The number of likely N-dealkylation sites (tertiary alicyclic amines) is 1. The fourth-order valence-electron chi connectivity index (χ4n) is 4.69. The molecule has 156 valence electrons. The smallest absolute Gasteiger partial charge is 0.235 e. The average molecular weight is 416 g/mol. The van der Waals surface area contributed by atoms with Gasteiger partial charge >= 0.3 is 0 Å². The Morgan fingerprint density at radius 1 is 1.21 bits per heavy atom. The number of fused-ring (bicyclic) bond motifs is 1. The molecule has 3 aromatic rings. The first-order valence-corrected chi connectivity index (χ1v) is 11.5. The number of aromatic nitrogens is 3. The molecule has 1 unspecified atom stereocenters. The van der Waals surface area contributed by atoms with Gasteiger partial charge in [-0.25, -0.2) is 4.98 Å². The largest absolute Gasteiger partial charge is 0.494 e. The monoisotopic (exact) mass is 415 g/mol. The molecule has 2 N–H and O–H groups in total. The molecule has 0 amide bonds. The highest BCUT2D eigenvalue weighted by Gasteiger charge is 2.37. The third kappa shape index (κ3) is 3.98. The normalized spacial score (nSPS) is 23.4. The molecule has 1 aliphatic heterocycles. The van der Waals surface area contributed by atoms with Crippen molar-refractivity contribution in [2.75, 3.05) is 19.7 Å². The van der Waals surface area contributed by atoms with Crippen LogP contribution in [0.15, 0.2) is 24.3 Å². The van der Waals surface area contributed by atoms with Crippen LogP contribution in [0.2, 0.25) is 0 Å². The van der Waals surface area contributed by atoms with E-state index in [0.717, 1.165) is 40.9 Å². The first-order valence-electron chi connectivity index (χ1n) is 10.6. The Hall–Kier alpha value is -2.12. The van der Waals surface area contributed by atoms with Crippen molar-refractivity contribution in [1.82, 2.24) is 14.6 Å². The average Bonchev–Trinajstić information content (AvgIpc) is 3.22. The molecule has 0 aliphatic carbocycles. The number of thiazole rings is 1. The zero-order valence-corrected chi connectivity index (χ0v) is 18.5. The quantitative estimate of drug-likeness (QED) is 0.649. The highest BCUT2D eigenvalue weighted by Crippen LogP contribution is 2.36.